The Bertz CT molecular complexity index is 254. The molecule has 0 aromatic rings. The van der Waals surface area contributed by atoms with Crippen molar-refractivity contribution in [1.29, 1.82) is 0 Å². The van der Waals surface area contributed by atoms with Gasteiger partial charge >= 0.3 is 5.97 Å². The van der Waals surface area contributed by atoms with Crippen LogP contribution in [0.5, 0.6) is 0 Å². The van der Waals surface area contributed by atoms with Crippen LogP contribution in [0, 0.1) is 5.92 Å². The van der Waals surface area contributed by atoms with Gasteiger partial charge in [-0.25, -0.2) is 4.79 Å². The first kappa shape index (κ1) is 12.1. The first-order valence-corrected chi connectivity index (χ1v) is 5.80. The molecule has 0 amide bonds. The van der Waals surface area contributed by atoms with E-state index in [1.807, 2.05) is 19.9 Å². The molecule has 1 aliphatic rings. The van der Waals surface area contributed by atoms with E-state index >= 15 is 0 Å². The molecular weight excluding hydrogens is 188 g/mol. The summed E-state index contributed by atoms with van der Waals surface area (Å²) in [5.74, 6) is 0.514. The Morgan fingerprint density at radius 2 is 2.13 bits per heavy atom. The van der Waals surface area contributed by atoms with Gasteiger partial charge in [-0.1, -0.05) is 25.7 Å². The minimum absolute atomic E-state index is 0.0506. The molecule has 0 aliphatic heterocycles. The van der Waals surface area contributed by atoms with E-state index in [1.54, 1.807) is 0 Å². The fraction of sp³-hybridized carbons (Fsp3) is 0.692. The van der Waals surface area contributed by atoms with E-state index in [0.29, 0.717) is 0 Å². The highest BCUT2D eigenvalue weighted by molar-refractivity contribution is 5.81. The number of carbonyl (C=O) groups is 1. The maximum Gasteiger partial charge on any atom is 0.338 e. The number of esters is 1. The zero-order chi connectivity index (χ0) is 11.1. The van der Waals surface area contributed by atoms with Gasteiger partial charge in [-0.3, -0.25) is 0 Å². The second-order valence-electron chi connectivity index (χ2n) is 4.39. The minimum Gasteiger partial charge on any atom is -0.459 e. The first-order chi connectivity index (χ1) is 7.18. The lowest BCUT2D eigenvalue weighted by Gasteiger charge is -2.03. The predicted molar refractivity (Wildman–Crippen MR) is 60.5 cm³/mol. The van der Waals surface area contributed by atoms with Gasteiger partial charge in [-0.15, -0.1) is 5.73 Å². The Kier molecular flexibility index (Phi) is 5.20. The van der Waals surface area contributed by atoms with Crippen molar-refractivity contribution < 1.29 is 9.53 Å². The van der Waals surface area contributed by atoms with Gasteiger partial charge in [0.1, 0.15) is 0 Å². The van der Waals surface area contributed by atoms with Gasteiger partial charge in [0.2, 0.25) is 0 Å². The summed E-state index contributed by atoms with van der Waals surface area (Å²) in [5, 5.41) is 0. The summed E-state index contributed by atoms with van der Waals surface area (Å²) < 4.78 is 4.95. The second-order valence-corrected chi connectivity index (χ2v) is 4.39. The average molecular weight is 208 g/mol. The van der Waals surface area contributed by atoms with Crippen LogP contribution in [0.25, 0.3) is 0 Å². The van der Waals surface area contributed by atoms with Crippen LogP contribution in [0.4, 0.5) is 0 Å². The van der Waals surface area contributed by atoms with Crippen molar-refractivity contribution >= 4 is 5.97 Å². The number of ether oxygens (including phenoxy) is 1. The van der Waals surface area contributed by atoms with Crippen LogP contribution in [-0.2, 0) is 9.53 Å². The highest BCUT2D eigenvalue weighted by atomic mass is 16.5. The van der Waals surface area contributed by atoms with Gasteiger partial charge in [-0.2, -0.15) is 0 Å². The molecular formula is C13H20O2. The summed E-state index contributed by atoms with van der Waals surface area (Å²) >= 11 is 0. The molecule has 1 rings (SSSR count). The summed E-state index contributed by atoms with van der Waals surface area (Å²) in [7, 11) is 0. The van der Waals surface area contributed by atoms with E-state index < -0.39 is 0 Å². The third-order valence-corrected chi connectivity index (χ3v) is 2.60. The molecule has 0 spiro atoms. The lowest BCUT2D eigenvalue weighted by molar-refractivity contribution is -0.141. The Balaban J connectivity index is 2.23. The lowest BCUT2D eigenvalue weighted by atomic mass is 10.0. The van der Waals surface area contributed by atoms with Crippen molar-refractivity contribution in [2.45, 2.75) is 52.1 Å². The quantitative estimate of drug-likeness (QED) is 0.403. The zero-order valence-corrected chi connectivity index (χ0v) is 9.66. The van der Waals surface area contributed by atoms with Crippen molar-refractivity contribution in [2.24, 2.45) is 5.92 Å². The molecule has 0 heterocycles. The van der Waals surface area contributed by atoms with E-state index in [2.05, 4.69) is 5.73 Å². The van der Waals surface area contributed by atoms with Crippen molar-refractivity contribution in [3.63, 3.8) is 0 Å². The molecule has 0 saturated heterocycles. The Labute approximate surface area is 92.0 Å². The van der Waals surface area contributed by atoms with Crippen molar-refractivity contribution in [1.82, 2.24) is 0 Å². The zero-order valence-electron chi connectivity index (χ0n) is 9.66. The van der Waals surface area contributed by atoms with Crippen LogP contribution in [0.3, 0.4) is 0 Å². The van der Waals surface area contributed by atoms with Gasteiger partial charge in [0.15, 0.2) is 0 Å². The largest absolute Gasteiger partial charge is 0.459 e. The predicted octanol–water partition coefficient (Wildman–Crippen LogP) is 3.23. The van der Waals surface area contributed by atoms with Crippen molar-refractivity contribution in [2.75, 3.05) is 0 Å². The molecule has 0 bridgehead atoms. The normalized spacial score (nSPS) is 16.2. The number of rotatable bonds is 4. The van der Waals surface area contributed by atoms with E-state index in [-0.39, 0.29) is 12.1 Å². The molecule has 0 unspecified atom stereocenters. The van der Waals surface area contributed by atoms with E-state index in [9.17, 15) is 4.79 Å². The molecule has 1 saturated carbocycles. The summed E-state index contributed by atoms with van der Waals surface area (Å²) in [4.78, 5) is 11.1. The fourth-order valence-corrected chi connectivity index (χ4v) is 1.87. The molecule has 0 atom stereocenters. The maximum atomic E-state index is 11.1. The fourth-order valence-electron chi connectivity index (χ4n) is 1.87. The number of hydrogen-bond acceptors (Lipinski definition) is 2. The van der Waals surface area contributed by atoms with Crippen LogP contribution >= 0.6 is 0 Å². The summed E-state index contributed by atoms with van der Waals surface area (Å²) in [6.07, 6.45) is 9.71. The first-order valence-electron chi connectivity index (χ1n) is 5.80. The third-order valence-electron chi connectivity index (χ3n) is 2.60. The monoisotopic (exact) mass is 208 g/mol. The maximum absolute atomic E-state index is 11.1. The second kappa shape index (κ2) is 6.47. The molecule has 0 N–H and O–H groups in total. The van der Waals surface area contributed by atoms with Crippen LogP contribution in [0.2, 0.25) is 0 Å². The third kappa shape index (κ3) is 5.44. The van der Waals surface area contributed by atoms with Gasteiger partial charge in [0.05, 0.1) is 12.2 Å². The van der Waals surface area contributed by atoms with Gasteiger partial charge in [0, 0.05) is 0 Å². The molecule has 0 radical (unpaired) electrons. The summed E-state index contributed by atoms with van der Waals surface area (Å²) in [6, 6.07) is 0. The smallest absolute Gasteiger partial charge is 0.338 e. The highest BCUT2D eigenvalue weighted by Crippen LogP contribution is 2.27. The topological polar surface area (TPSA) is 26.3 Å². The molecule has 1 aliphatic carbocycles. The molecule has 2 nitrogen and oxygen atoms in total. The standard InChI is InChI=1S/C13H20O2/c1-11(2)15-13(14)10-6-5-9-12-7-3-4-8-12/h5,10-12H,3-4,7-9H2,1-2H3. The van der Waals surface area contributed by atoms with Gasteiger partial charge in [-0.05, 0) is 32.3 Å². The lowest BCUT2D eigenvalue weighted by Crippen LogP contribution is -2.07. The van der Waals surface area contributed by atoms with Crippen LogP contribution < -0.4 is 0 Å². The van der Waals surface area contributed by atoms with E-state index in [1.165, 1.54) is 31.8 Å². The van der Waals surface area contributed by atoms with Crippen LogP contribution in [0.15, 0.2) is 17.9 Å². The SMILES string of the molecule is CC(C)OC(=O)C=C=CCC1CCCC1. The molecule has 0 aromatic heterocycles. The van der Waals surface area contributed by atoms with Crippen LogP contribution in [0.1, 0.15) is 46.0 Å². The minimum atomic E-state index is -0.298. The van der Waals surface area contributed by atoms with Crippen molar-refractivity contribution in [3.8, 4) is 0 Å². The Hall–Kier alpha value is -1.01. The number of carbonyl (C=O) groups excluding carboxylic acids is 1. The molecule has 84 valence electrons. The summed E-state index contributed by atoms with van der Waals surface area (Å²) in [5.41, 5.74) is 2.89. The van der Waals surface area contributed by atoms with Crippen molar-refractivity contribution in [3.05, 3.63) is 17.9 Å². The van der Waals surface area contributed by atoms with Crippen LogP contribution in [-0.4, -0.2) is 12.1 Å². The molecule has 1 fully saturated rings. The van der Waals surface area contributed by atoms with E-state index in [4.69, 9.17) is 4.74 Å². The molecule has 0 aromatic carbocycles. The molecule has 15 heavy (non-hydrogen) atoms. The average Bonchev–Trinajstić information content (AvgIpc) is 2.63. The Morgan fingerprint density at radius 3 is 2.73 bits per heavy atom. The van der Waals surface area contributed by atoms with Gasteiger partial charge < -0.3 is 4.74 Å². The number of hydrogen-bond donors (Lipinski definition) is 0. The molecule has 2 heteroatoms. The van der Waals surface area contributed by atoms with Gasteiger partial charge in [0.25, 0.3) is 0 Å². The Morgan fingerprint density at radius 1 is 1.47 bits per heavy atom. The van der Waals surface area contributed by atoms with E-state index in [0.717, 1.165) is 12.3 Å². The summed E-state index contributed by atoms with van der Waals surface area (Å²) in [6.45, 7) is 3.68. The highest BCUT2D eigenvalue weighted by Gasteiger charge is 2.12.